The van der Waals surface area contributed by atoms with E-state index in [0.29, 0.717) is 11.6 Å². The molecule has 0 atom stereocenters. The second-order valence-corrected chi connectivity index (χ2v) is 8.59. The monoisotopic (exact) mass is 379 g/mol. The number of hydrogen-bond donors (Lipinski definition) is 0. The predicted octanol–water partition coefficient (Wildman–Crippen LogP) is 1.77. The van der Waals surface area contributed by atoms with Gasteiger partial charge in [0.2, 0.25) is 0 Å². The highest BCUT2D eigenvalue weighted by Gasteiger charge is 2.28. The van der Waals surface area contributed by atoms with Crippen LogP contribution in [0.3, 0.4) is 0 Å². The van der Waals surface area contributed by atoms with Crippen molar-refractivity contribution in [1.29, 1.82) is 0 Å². The minimum Gasteiger partial charge on any atom is -0.467 e. The number of morpholine rings is 1. The van der Waals surface area contributed by atoms with Gasteiger partial charge in [0.25, 0.3) is 5.91 Å². The number of hydrogen-bond acceptors (Lipinski definition) is 6. The molecule has 0 N–H and O–H groups in total. The summed E-state index contributed by atoms with van der Waals surface area (Å²) in [7, 11) is 0. The van der Waals surface area contributed by atoms with E-state index in [1.807, 2.05) is 11.0 Å². The van der Waals surface area contributed by atoms with Gasteiger partial charge >= 0.3 is 0 Å². The normalized spacial score (nSPS) is 24.1. The molecule has 4 heterocycles. The van der Waals surface area contributed by atoms with Gasteiger partial charge in [-0.1, -0.05) is 0 Å². The van der Waals surface area contributed by atoms with Gasteiger partial charge in [0, 0.05) is 56.8 Å². The molecule has 7 heteroatoms. The number of nitrogens with zero attached hydrogens (tertiary/aromatic N) is 3. The molecule has 3 fully saturated rings. The van der Waals surface area contributed by atoms with E-state index in [1.165, 1.54) is 24.6 Å². The number of carbonyl (C=O) groups excluding carboxylic acids is 1. The maximum absolute atomic E-state index is 12.8. The Balaban J connectivity index is 1.28. The Kier molecular flexibility index (Phi) is 6.20. The third-order valence-electron chi connectivity index (χ3n) is 5.70. The number of likely N-dealkylation sites (tertiary alicyclic amines) is 1. The summed E-state index contributed by atoms with van der Waals surface area (Å²) in [6.45, 7) is 8.28. The fraction of sp³-hybridized carbons (Fsp3) is 0.737. The fourth-order valence-electron chi connectivity index (χ4n) is 4.11. The van der Waals surface area contributed by atoms with Gasteiger partial charge < -0.3 is 14.1 Å². The third kappa shape index (κ3) is 4.44. The standard InChI is InChI=1S/C19H29N3O3S/c23-19(16-13-18(25-15-16)14-20-5-9-24-10-6-20)22-3-1-17(2-4-22)21-7-11-26-12-8-21/h13,15,17H,1-12,14H2. The molecule has 0 aromatic carbocycles. The van der Waals surface area contributed by atoms with Gasteiger partial charge in [-0.3, -0.25) is 14.6 Å². The molecule has 4 rings (SSSR count). The van der Waals surface area contributed by atoms with Gasteiger partial charge in [-0.15, -0.1) is 0 Å². The van der Waals surface area contributed by atoms with Crippen LogP contribution < -0.4 is 0 Å². The Morgan fingerprint density at radius 3 is 2.54 bits per heavy atom. The van der Waals surface area contributed by atoms with Gasteiger partial charge in [0.1, 0.15) is 12.0 Å². The van der Waals surface area contributed by atoms with Crippen LogP contribution in [0.1, 0.15) is 29.0 Å². The van der Waals surface area contributed by atoms with E-state index >= 15 is 0 Å². The molecule has 0 aliphatic carbocycles. The van der Waals surface area contributed by atoms with Gasteiger partial charge in [-0.2, -0.15) is 11.8 Å². The molecule has 0 radical (unpaired) electrons. The minimum atomic E-state index is 0.120. The summed E-state index contributed by atoms with van der Waals surface area (Å²) in [5.41, 5.74) is 0.695. The van der Waals surface area contributed by atoms with Crippen molar-refractivity contribution in [3.05, 3.63) is 23.7 Å². The first-order valence-corrected chi connectivity index (χ1v) is 10.9. The Hall–Kier alpha value is -1.02. The fourth-order valence-corrected chi connectivity index (χ4v) is 5.05. The van der Waals surface area contributed by atoms with E-state index in [0.717, 1.165) is 64.5 Å². The second kappa shape index (κ2) is 8.78. The average molecular weight is 380 g/mol. The lowest BCUT2D eigenvalue weighted by Crippen LogP contribution is -2.49. The van der Waals surface area contributed by atoms with E-state index in [1.54, 1.807) is 6.26 Å². The van der Waals surface area contributed by atoms with Crippen LogP contribution in [0.15, 0.2) is 16.7 Å². The van der Waals surface area contributed by atoms with Crippen LogP contribution in [0, 0.1) is 0 Å². The van der Waals surface area contributed by atoms with Crippen LogP contribution in [0.2, 0.25) is 0 Å². The lowest BCUT2D eigenvalue weighted by atomic mass is 10.0. The van der Waals surface area contributed by atoms with E-state index in [9.17, 15) is 4.79 Å². The second-order valence-electron chi connectivity index (χ2n) is 7.36. The number of carbonyl (C=O) groups is 1. The van der Waals surface area contributed by atoms with Crippen LogP contribution in [-0.2, 0) is 11.3 Å². The summed E-state index contributed by atoms with van der Waals surface area (Å²) < 4.78 is 11.0. The van der Waals surface area contributed by atoms with Crippen molar-refractivity contribution in [1.82, 2.24) is 14.7 Å². The highest BCUT2D eigenvalue weighted by Crippen LogP contribution is 2.22. The maximum atomic E-state index is 12.8. The van der Waals surface area contributed by atoms with Gasteiger partial charge in [0.05, 0.1) is 25.3 Å². The van der Waals surface area contributed by atoms with E-state index in [4.69, 9.17) is 9.15 Å². The lowest BCUT2D eigenvalue weighted by molar-refractivity contribution is 0.0313. The smallest absolute Gasteiger partial charge is 0.257 e. The molecule has 0 bridgehead atoms. The maximum Gasteiger partial charge on any atom is 0.257 e. The van der Waals surface area contributed by atoms with Crippen LogP contribution in [0.4, 0.5) is 0 Å². The largest absolute Gasteiger partial charge is 0.467 e. The number of furan rings is 1. The molecule has 0 saturated carbocycles. The molecule has 3 aliphatic rings. The topological polar surface area (TPSA) is 49.2 Å². The van der Waals surface area contributed by atoms with Crippen LogP contribution in [0.25, 0.3) is 0 Å². The molecule has 3 aliphatic heterocycles. The van der Waals surface area contributed by atoms with E-state index < -0.39 is 0 Å². The average Bonchev–Trinajstić information content (AvgIpc) is 3.17. The van der Waals surface area contributed by atoms with Crippen molar-refractivity contribution in [2.75, 3.05) is 64.0 Å². The highest BCUT2D eigenvalue weighted by molar-refractivity contribution is 7.99. The Morgan fingerprint density at radius 2 is 1.81 bits per heavy atom. The number of piperidine rings is 1. The summed E-state index contributed by atoms with van der Waals surface area (Å²) in [5, 5.41) is 0. The first-order valence-electron chi connectivity index (χ1n) is 9.78. The molecule has 1 aromatic rings. The van der Waals surface area contributed by atoms with E-state index in [-0.39, 0.29) is 5.91 Å². The zero-order valence-corrected chi connectivity index (χ0v) is 16.2. The highest BCUT2D eigenvalue weighted by atomic mass is 32.2. The summed E-state index contributed by atoms with van der Waals surface area (Å²) in [5.74, 6) is 3.49. The number of ether oxygens (including phenoxy) is 1. The van der Waals surface area contributed by atoms with Crippen molar-refractivity contribution in [3.63, 3.8) is 0 Å². The summed E-state index contributed by atoms with van der Waals surface area (Å²) in [6, 6.07) is 2.58. The molecule has 1 amide bonds. The predicted molar refractivity (Wildman–Crippen MR) is 103 cm³/mol. The van der Waals surface area contributed by atoms with Crippen LogP contribution in [-0.4, -0.2) is 90.6 Å². The first kappa shape index (κ1) is 18.3. The molecule has 26 heavy (non-hydrogen) atoms. The quantitative estimate of drug-likeness (QED) is 0.795. The number of rotatable bonds is 4. The summed E-state index contributed by atoms with van der Waals surface area (Å²) >= 11 is 2.05. The van der Waals surface area contributed by atoms with Crippen LogP contribution in [0.5, 0.6) is 0 Å². The zero-order chi connectivity index (χ0) is 17.8. The molecule has 0 spiro atoms. The van der Waals surface area contributed by atoms with Crippen LogP contribution >= 0.6 is 11.8 Å². The zero-order valence-electron chi connectivity index (χ0n) is 15.4. The van der Waals surface area contributed by atoms with E-state index in [2.05, 4.69) is 21.6 Å². The van der Waals surface area contributed by atoms with Crippen molar-refractivity contribution in [2.24, 2.45) is 0 Å². The Morgan fingerprint density at radius 1 is 1.08 bits per heavy atom. The summed E-state index contributed by atoms with van der Waals surface area (Å²) in [4.78, 5) is 19.7. The SMILES string of the molecule is O=C(c1coc(CN2CCOCC2)c1)N1CCC(N2CCSCC2)CC1. The third-order valence-corrected chi connectivity index (χ3v) is 6.64. The van der Waals surface area contributed by atoms with Gasteiger partial charge in [0.15, 0.2) is 0 Å². The molecular formula is C19H29N3O3S. The number of thioether (sulfide) groups is 1. The molecule has 6 nitrogen and oxygen atoms in total. The van der Waals surface area contributed by atoms with Crippen molar-refractivity contribution in [3.8, 4) is 0 Å². The number of amides is 1. The van der Waals surface area contributed by atoms with Crippen molar-refractivity contribution < 1.29 is 13.9 Å². The molecular weight excluding hydrogens is 350 g/mol. The first-order chi connectivity index (χ1) is 12.8. The molecule has 3 saturated heterocycles. The Bertz CT molecular complexity index is 589. The van der Waals surface area contributed by atoms with Crippen molar-refractivity contribution in [2.45, 2.75) is 25.4 Å². The Labute approximate surface area is 159 Å². The molecule has 0 unspecified atom stereocenters. The van der Waals surface area contributed by atoms with Crippen molar-refractivity contribution >= 4 is 17.7 Å². The molecule has 1 aromatic heterocycles. The van der Waals surface area contributed by atoms with Gasteiger partial charge in [-0.25, -0.2) is 0 Å². The van der Waals surface area contributed by atoms with Gasteiger partial charge in [-0.05, 0) is 18.9 Å². The lowest BCUT2D eigenvalue weighted by Gasteiger charge is -2.40. The molecule has 144 valence electrons. The minimum absolute atomic E-state index is 0.120. The summed E-state index contributed by atoms with van der Waals surface area (Å²) in [6.07, 6.45) is 3.82.